The SMILES string of the molecule is COC(=O)[C@H](c1ccccc1Cl)N1CCC(S)=C1OC(=O)OCC(C)C. The zero-order chi connectivity index (χ0) is 19.3. The molecule has 142 valence electrons. The first kappa shape index (κ1) is 20.5. The van der Waals surface area contributed by atoms with Crippen LogP contribution in [0.15, 0.2) is 35.1 Å². The number of ether oxygens (including phenoxy) is 3. The number of thiol groups is 1. The fraction of sp³-hybridized carbons (Fsp3) is 0.444. The summed E-state index contributed by atoms with van der Waals surface area (Å²) in [6.07, 6.45) is -0.316. The Balaban J connectivity index is 2.28. The van der Waals surface area contributed by atoms with Crippen molar-refractivity contribution in [1.82, 2.24) is 4.90 Å². The highest BCUT2D eigenvalue weighted by molar-refractivity contribution is 7.84. The van der Waals surface area contributed by atoms with E-state index in [0.717, 1.165) is 0 Å². The first-order valence-electron chi connectivity index (χ1n) is 8.20. The van der Waals surface area contributed by atoms with E-state index in [1.165, 1.54) is 7.11 Å². The van der Waals surface area contributed by atoms with E-state index in [0.29, 0.717) is 28.5 Å². The van der Waals surface area contributed by atoms with Crippen LogP contribution in [0.3, 0.4) is 0 Å². The van der Waals surface area contributed by atoms with Crippen molar-refractivity contribution in [2.24, 2.45) is 5.92 Å². The number of hydrogen-bond donors (Lipinski definition) is 1. The number of nitrogens with zero attached hydrogens (tertiary/aromatic N) is 1. The van der Waals surface area contributed by atoms with Gasteiger partial charge in [0.05, 0.1) is 13.7 Å². The molecule has 0 fully saturated rings. The lowest BCUT2D eigenvalue weighted by Crippen LogP contribution is -2.34. The lowest BCUT2D eigenvalue weighted by Gasteiger charge is -2.29. The van der Waals surface area contributed by atoms with Gasteiger partial charge in [-0.2, -0.15) is 0 Å². The minimum atomic E-state index is -0.855. The Hall–Kier alpha value is -1.86. The molecule has 1 aromatic carbocycles. The van der Waals surface area contributed by atoms with Crippen LogP contribution in [0.1, 0.15) is 31.9 Å². The standard InChI is InChI=1S/C18H22ClNO5S/c1-11(2)10-24-18(22)25-16-14(26)8-9-20(16)15(17(21)23-3)12-6-4-5-7-13(12)19/h4-7,11,15,26H,8-10H2,1-3H3/t15-/m0/s1. The van der Waals surface area contributed by atoms with Crippen molar-refractivity contribution in [1.29, 1.82) is 0 Å². The molecule has 6 nitrogen and oxygen atoms in total. The number of benzene rings is 1. The molecule has 1 aliphatic rings. The van der Waals surface area contributed by atoms with Crippen molar-refractivity contribution in [2.45, 2.75) is 26.3 Å². The molecule has 1 aliphatic heterocycles. The van der Waals surface area contributed by atoms with Crippen LogP contribution in [0, 0.1) is 5.92 Å². The Morgan fingerprint density at radius 2 is 2.00 bits per heavy atom. The van der Waals surface area contributed by atoms with Crippen molar-refractivity contribution < 1.29 is 23.8 Å². The van der Waals surface area contributed by atoms with Gasteiger partial charge in [-0.15, -0.1) is 12.6 Å². The lowest BCUT2D eigenvalue weighted by molar-refractivity contribution is -0.147. The number of esters is 1. The average Bonchev–Trinajstić information content (AvgIpc) is 2.95. The minimum Gasteiger partial charge on any atom is -0.467 e. The number of carbonyl (C=O) groups excluding carboxylic acids is 2. The quantitative estimate of drug-likeness (QED) is 0.572. The van der Waals surface area contributed by atoms with Gasteiger partial charge in [-0.3, -0.25) is 0 Å². The molecule has 0 radical (unpaired) electrons. The highest BCUT2D eigenvalue weighted by atomic mass is 35.5. The van der Waals surface area contributed by atoms with E-state index in [9.17, 15) is 9.59 Å². The maximum absolute atomic E-state index is 12.5. The first-order valence-corrected chi connectivity index (χ1v) is 9.03. The highest BCUT2D eigenvalue weighted by Crippen LogP contribution is 2.37. The molecule has 0 N–H and O–H groups in total. The molecule has 1 heterocycles. The third-order valence-corrected chi connectivity index (χ3v) is 4.51. The van der Waals surface area contributed by atoms with Gasteiger partial charge in [0.15, 0.2) is 6.04 Å². The van der Waals surface area contributed by atoms with Crippen LogP contribution < -0.4 is 0 Å². The second-order valence-electron chi connectivity index (χ2n) is 6.20. The van der Waals surface area contributed by atoms with Crippen LogP contribution in [-0.4, -0.2) is 37.3 Å². The molecule has 0 spiro atoms. The van der Waals surface area contributed by atoms with E-state index in [1.807, 2.05) is 13.8 Å². The minimum absolute atomic E-state index is 0.178. The summed E-state index contributed by atoms with van der Waals surface area (Å²) in [5, 5.41) is 0.414. The summed E-state index contributed by atoms with van der Waals surface area (Å²) >= 11 is 10.7. The first-order chi connectivity index (χ1) is 12.3. The molecular formula is C18H22ClNO5S. The monoisotopic (exact) mass is 399 g/mol. The summed E-state index contributed by atoms with van der Waals surface area (Å²) in [6.45, 7) is 4.50. The number of rotatable bonds is 6. The molecule has 0 amide bonds. The zero-order valence-corrected chi connectivity index (χ0v) is 16.5. The molecule has 0 bridgehead atoms. The van der Waals surface area contributed by atoms with Crippen molar-refractivity contribution in [3.63, 3.8) is 0 Å². The van der Waals surface area contributed by atoms with Crippen LogP contribution in [0.25, 0.3) is 0 Å². The van der Waals surface area contributed by atoms with Crippen LogP contribution in [0.2, 0.25) is 5.02 Å². The van der Waals surface area contributed by atoms with E-state index in [4.69, 9.17) is 25.8 Å². The predicted octanol–water partition coefficient (Wildman–Crippen LogP) is 4.17. The largest absolute Gasteiger partial charge is 0.515 e. The lowest BCUT2D eigenvalue weighted by atomic mass is 10.1. The van der Waals surface area contributed by atoms with E-state index >= 15 is 0 Å². The molecule has 8 heteroatoms. The summed E-state index contributed by atoms with van der Waals surface area (Å²) in [5.74, 6) is -0.159. The third-order valence-electron chi connectivity index (χ3n) is 3.75. The fourth-order valence-corrected chi connectivity index (χ4v) is 3.05. The zero-order valence-electron chi connectivity index (χ0n) is 14.9. The van der Waals surface area contributed by atoms with Gasteiger partial charge < -0.3 is 19.1 Å². The second-order valence-corrected chi connectivity index (χ2v) is 7.15. The van der Waals surface area contributed by atoms with Crippen LogP contribution in [0.4, 0.5) is 4.79 Å². The van der Waals surface area contributed by atoms with Gasteiger partial charge in [0.1, 0.15) is 0 Å². The Labute approximate surface area is 163 Å². The average molecular weight is 400 g/mol. The maximum atomic E-state index is 12.5. The topological polar surface area (TPSA) is 65.1 Å². The van der Waals surface area contributed by atoms with Crippen LogP contribution in [-0.2, 0) is 19.0 Å². The molecule has 0 saturated carbocycles. The van der Waals surface area contributed by atoms with Crippen molar-refractivity contribution in [3.8, 4) is 0 Å². The van der Waals surface area contributed by atoms with Crippen molar-refractivity contribution in [3.05, 3.63) is 45.6 Å². The summed E-state index contributed by atoms with van der Waals surface area (Å²) in [4.78, 5) is 26.6. The summed E-state index contributed by atoms with van der Waals surface area (Å²) in [7, 11) is 1.30. The van der Waals surface area contributed by atoms with Crippen LogP contribution in [0.5, 0.6) is 0 Å². The van der Waals surface area contributed by atoms with Crippen molar-refractivity contribution >= 4 is 36.4 Å². The van der Waals surface area contributed by atoms with Gasteiger partial charge in [-0.25, -0.2) is 9.59 Å². The Morgan fingerprint density at radius 1 is 1.31 bits per heavy atom. The van der Waals surface area contributed by atoms with Gasteiger partial charge in [-0.1, -0.05) is 43.6 Å². The molecule has 1 atom stereocenters. The summed E-state index contributed by atoms with van der Waals surface area (Å²) in [5.41, 5.74) is 0.556. The number of hydrogen-bond acceptors (Lipinski definition) is 7. The van der Waals surface area contributed by atoms with E-state index < -0.39 is 18.2 Å². The smallest absolute Gasteiger partial charge is 0.467 e. The third kappa shape index (κ3) is 4.86. The Bertz CT molecular complexity index is 707. The number of halogens is 1. The molecule has 0 aromatic heterocycles. The summed E-state index contributed by atoms with van der Waals surface area (Å²) in [6, 6.07) is 6.10. The molecule has 0 aliphatic carbocycles. The van der Waals surface area contributed by atoms with E-state index in [1.54, 1.807) is 29.2 Å². The molecule has 1 aromatic rings. The van der Waals surface area contributed by atoms with E-state index in [-0.39, 0.29) is 18.4 Å². The normalized spacial score (nSPS) is 15.2. The Morgan fingerprint density at radius 3 is 2.62 bits per heavy atom. The summed E-state index contributed by atoms with van der Waals surface area (Å²) < 4.78 is 15.3. The molecule has 0 unspecified atom stereocenters. The second kappa shape index (κ2) is 9.19. The number of methoxy groups -OCH3 is 1. The maximum Gasteiger partial charge on any atom is 0.515 e. The van der Waals surface area contributed by atoms with Gasteiger partial charge in [0.25, 0.3) is 0 Å². The molecule has 2 rings (SSSR count). The molecular weight excluding hydrogens is 378 g/mol. The highest BCUT2D eigenvalue weighted by Gasteiger charge is 2.37. The van der Waals surface area contributed by atoms with Crippen molar-refractivity contribution in [2.75, 3.05) is 20.3 Å². The van der Waals surface area contributed by atoms with Gasteiger partial charge >= 0.3 is 12.1 Å². The Kier molecular flexibility index (Phi) is 7.23. The molecule has 26 heavy (non-hydrogen) atoms. The molecule has 0 saturated heterocycles. The van der Waals surface area contributed by atoms with Gasteiger partial charge in [-0.05, 0) is 12.0 Å². The van der Waals surface area contributed by atoms with Gasteiger partial charge in [0, 0.05) is 28.5 Å². The fourth-order valence-electron chi connectivity index (χ4n) is 2.54. The predicted molar refractivity (Wildman–Crippen MR) is 101 cm³/mol. The van der Waals surface area contributed by atoms with E-state index in [2.05, 4.69) is 12.6 Å². The van der Waals surface area contributed by atoms with Crippen LogP contribution >= 0.6 is 24.2 Å². The van der Waals surface area contributed by atoms with Gasteiger partial charge in [0.2, 0.25) is 5.88 Å². The number of carbonyl (C=O) groups is 2.